The van der Waals surface area contributed by atoms with E-state index in [1.54, 1.807) is 0 Å². The van der Waals surface area contributed by atoms with Crippen LogP contribution in [-0.4, -0.2) is 22.4 Å². The van der Waals surface area contributed by atoms with Crippen molar-refractivity contribution in [2.24, 2.45) is 13.0 Å². The highest BCUT2D eigenvalue weighted by Gasteiger charge is 2.22. The minimum absolute atomic E-state index is 0.697. The number of nitrogens with one attached hydrogen (secondary N) is 1. The molecule has 1 heterocycles. The molecule has 1 saturated carbocycles. The zero-order valence-corrected chi connectivity index (χ0v) is 12.8. The Balaban J connectivity index is 1.56. The Morgan fingerprint density at radius 1 is 1.24 bits per heavy atom. The van der Waals surface area contributed by atoms with Crippen LogP contribution in [-0.2, 0) is 19.9 Å². The van der Waals surface area contributed by atoms with Crippen LogP contribution in [0.3, 0.4) is 0 Å². The van der Waals surface area contributed by atoms with Crippen molar-refractivity contribution >= 4 is 0 Å². The van der Waals surface area contributed by atoms with Gasteiger partial charge in [0, 0.05) is 25.0 Å². The molecule has 1 aromatic carbocycles. The molecule has 1 unspecified atom stereocenters. The molecule has 1 aromatic heterocycles. The maximum atomic E-state index is 4.26. The van der Waals surface area contributed by atoms with Crippen LogP contribution in [0, 0.1) is 5.92 Å². The van der Waals surface area contributed by atoms with E-state index in [0.717, 1.165) is 19.0 Å². The second-order valence-corrected chi connectivity index (χ2v) is 6.22. The molecule has 1 atom stereocenters. The van der Waals surface area contributed by atoms with E-state index >= 15 is 0 Å². The number of nitrogens with zero attached hydrogens (tertiary/aromatic N) is 2. The lowest BCUT2D eigenvalue weighted by atomic mass is 9.94. The predicted octanol–water partition coefficient (Wildman–Crippen LogP) is 2.96. The molecule has 3 nitrogen and oxygen atoms in total. The van der Waals surface area contributed by atoms with Gasteiger partial charge >= 0.3 is 0 Å². The minimum Gasteiger partial charge on any atom is -0.314 e. The molecule has 1 aliphatic carbocycles. The summed E-state index contributed by atoms with van der Waals surface area (Å²) in [6.45, 7) is 1.14. The van der Waals surface area contributed by atoms with Crippen LogP contribution in [0.25, 0.3) is 0 Å². The molecule has 0 radical (unpaired) electrons. The Morgan fingerprint density at radius 2 is 2.05 bits per heavy atom. The monoisotopic (exact) mass is 283 g/mol. The third kappa shape index (κ3) is 4.43. The second-order valence-electron chi connectivity index (χ2n) is 6.22. The molecular formula is C18H25N3. The van der Waals surface area contributed by atoms with Crippen LogP contribution in [0.4, 0.5) is 0 Å². The number of hydrogen-bond donors (Lipinski definition) is 1. The summed E-state index contributed by atoms with van der Waals surface area (Å²) in [7, 11) is 2.03. The largest absolute Gasteiger partial charge is 0.314 e. The van der Waals surface area contributed by atoms with Crippen LogP contribution in [0.15, 0.2) is 42.6 Å². The lowest BCUT2D eigenvalue weighted by Gasteiger charge is -2.18. The standard InChI is InChI=1S/C18H25N3/c1-21-18(11-12-20-21)10-7-16(14-19-17-8-9-17)13-15-5-3-2-4-6-15/h2-6,11-12,16-17,19H,7-10,13-14H2,1H3. The molecule has 1 fully saturated rings. The number of rotatable bonds is 8. The van der Waals surface area contributed by atoms with E-state index in [4.69, 9.17) is 0 Å². The first-order valence-electron chi connectivity index (χ1n) is 8.05. The molecular weight excluding hydrogens is 258 g/mol. The fraction of sp³-hybridized carbons (Fsp3) is 0.500. The fourth-order valence-corrected chi connectivity index (χ4v) is 2.84. The van der Waals surface area contributed by atoms with Crippen molar-refractivity contribution in [2.45, 2.75) is 38.1 Å². The zero-order chi connectivity index (χ0) is 14.5. The first-order chi connectivity index (χ1) is 10.3. The highest BCUT2D eigenvalue weighted by molar-refractivity contribution is 5.15. The molecule has 1 N–H and O–H groups in total. The van der Waals surface area contributed by atoms with Gasteiger partial charge in [0.05, 0.1) is 0 Å². The molecule has 0 spiro atoms. The van der Waals surface area contributed by atoms with Crippen LogP contribution in [0.1, 0.15) is 30.5 Å². The molecule has 112 valence electrons. The van der Waals surface area contributed by atoms with Gasteiger partial charge in [0.2, 0.25) is 0 Å². The van der Waals surface area contributed by atoms with E-state index in [-0.39, 0.29) is 0 Å². The summed E-state index contributed by atoms with van der Waals surface area (Å²) in [4.78, 5) is 0. The molecule has 0 aliphatic heterocycles. The molecule has 0 amide bonds. The third-order valence-electron chi connectivity index (χ3n) is 4.37. The molecule has 3 heteroatoms. The van der Waals surface area contributed by atoms with Gasteiger partial charge in [-0.25, -0.2) is 0 Å². The van der Waals surface area contributed by atoms with Gasteiger partial charge < -0.3 is 5.32 Å². The maximum Gasteiger partial charge on any atom is 0.0492 e. The highest BCUT2D eigenvalue weighted by Crippen LogP contribution is 2.21. The van der Waals surface area contributed by atoms with Gasteiger partial charge in [-0.15, -0.1) is 0 Å². The summed E-state index contributed by atoms with van der Waals surface area (Å²) in [5, 5.41) is 7.96. The van der Waals surface area contributed by atoms with E-state index in [1.165, 1.54) is 36.9 Å². The first kappa shape index (κ1) is 14.3. The zero-order valence-electron chi connectivity index (χ0n) is 12.8. The highest BCUT2D eigenvalue weighted by atomic mass is 15.2. The normalized spacial score (nSPS) is 16.0. The Hall–Kier alpha value is -1.61. The lowest BCUT2D eigenvalue weighted by molar-refractivity contribution is 0.436. The fourth-order valence-electron chi connectivity index (χ4n) is 2.84. The van der Waals surface area contributed by atoms with Gasteiger partial charge in [0.1, 0.15) is 0 Å². The summed E-state index contributed by atoms with van der Waals surface area (Å²) in [5.74, 6) is 0.697. The van der Waals surface area contributed by atoms with Gasteiger partial charge in [-0.2, -0.15) is 5.10 Å². The molecule has 1 aliphatic rings. The Labute approximate surface area is 127 Å². The minimum atomic E-state index is 0.697. The summed E-state index contributed by atoms with van der Waals surface area (Å²) < 4.78 is 1.99. The van der Waals surface area contributed by atoms with Crippen LogP contribution in [0.5, 0.6) is 0 Å². The second kappa shape index (κ2) is 6.90. The number of aryl methyl sites for hydroxylation is 2. The summed E-state index contributed by atoms with van der Waals surface area (Å²) >= 11 is 0. The van der Waals surface area contributed by atoms with Gasteiger partial charge in [0.25, 0.3) is 0 Å². The summed E-state index contributed by atoms with van der Waals surface area (Å²) in [6.07, 6.45) is 8.11. The average Bonchev–Trinajstić information content (AvgIpc) is 3.25. The molecule has 21 heavy (non-hydrogen) atoms. The third-order valence-corrected chi connectivity index (χ3v) is 4.37. The van der Waals surface area contributed by atoms with E-state index in [9.17, 15) is 0 Å². The summed E-state index contributed by atoms with van der Waals surface area (Å²) in [5.41, 5.74) is 2.78. The molecule has 0 saturated heterocycles. The first-order valence-corrected chi connectivity index (χ1v) is 8.05. The SMILES string of the molecule is Cn1nccc1CCC(CNC1CC1)Cc1ccccc1. The van der Waals surface area contributed by atoms with Crippen molar-refractivity contribution in [2.75, 3.05) is 6.54 Å². The van der Waals surface area contributed by atoms with Crippen molar-refractivity contribution < 1.29 is 0 Å². The molecule has 0 bridgehead atoms. The molecule has 3 rings (SSSR count). The number of hydrogen-bond acceptors (Lipinski definition) is 2. The smallest absolute Gasteiger partial charge is 0.0492 e. The van der Waals surface area contributed by atoms with Crippen LogP contribution in [0.2, 0.25) is 0 Å². The van der Waals surface area contributed by atoms with E-state index in [1.807, 2.05) is 17.9 Å². The average molecular weight is 283 g/mol. The van der Waals surface area contributed by atoms with Gasteiger partial charge in [0.15, 0.2) is 0 Å². The van der Waals surface area contributed by atoms with Crippen molar-refractivity contribution in [1.29, 1.82) is 0 Å². The van der Waals surface area contributed by atoms with Gasteiger partial charge in [-0.05, 0) is 56.2 Å². The van der Waals surface area contributed by atoms with Crippen LogP contribution < -0.4 is 5.32 Å². The van der Waals surface area contributed by atoms with Crippen molar-refractivity contribution in [3.8, 4) is 0 Å². The Bertz CT molecular complexity index is 543. The Morgan fingerprint density at radius 3 is 2.71 bits per heavy atom. The van der Waals surface area contributed by atoms with Gasteiger partial charge in [-0.3, -0.25) is 4.68 Å². The van der Waals surface area contributed by atoms with E-state index in [0.29, 0.717) is 5.92 Å². The maximum absolute atomic E-state index is 4.26. The van der Waals surface area contributed by atoms with Crippen LogP contribution >= 0.6 is 0 Å². The Kier molecular flexibility index (Phi) is 4.71. The predicted molar refractivity (Wildman–Crippen MR) is 86.2 cm³/mol. The molecule has 2 aromatic rings. The lowest BCUT2D eigenvalue weighted by Crippen LogP contribution is -2.26. The van der Waals surface area contributed by atoms with E-state index in [2.05, 4.69) is 46.8 Å². The van der Waals surface area contributed by atoms with Crippen molar-refractivity contribution in [3.05, 3.63) is 53.9 Å². The van der Waals surface area contributed by atoms with E-state index < -0.39 is 0 Å². The topological polar surface area (TPSA) is 29.9 Å². The van der Waals surface area contributed by atoms with Crippen molar-refractivity contribution in [3.63, 3.8) is 0 Å². The van der Waals surface area contributed by atoms with Crippen molar-refractivity contribution in [1.82, 2.24) is 15.1 Å². The number of aromatic nitrogens is 2. The quantitative estimate of drug-likeness (QED) is 0.807. The summed E-state index contributed by atoms with van der Waals surface area (Å²) in [6, 6.07) is 13.8. The number of benzene rings is 1. The van der Waals surface area contributed by atoms with Gasteiger partial charge in [-0.1, -0.05) is 30.3 Å².